The highest BCUT2D eigenvalue weighted by Gasteiger charge is 2.37. The van der Waals surface area contributed by atoms with Crippen LogP contribution in [0.5, 0.6) is 0 Å². The van der Waals surface area contributed by atoms with Gasteiger partial charge in [-0.25, -0.2) is 0 Å². The average molecular weight is 377 g/mol. The predicted molar refractivity (Wildman–Crippen MR) is 128 cm³/mol. The Kier molecular flexibility index (Phi) is 12.6. The van der Waals surface area contributed by atoms with Crippen LogP contribution in [0.3, 0.4) is 0 Å². The maximum absolute atomic E-state index is 3.95. The summed E-state index contributed by atoms with van der Waals surface area (Å²) < 4.78 is 0. The van der Waals surface area contributed by atoms with Gasteiger partial charge in [-0.1, -0.05) is 121 Å². The zero-order chi connectivity index (χ0) is 22.1. The Morgan fingerprint density at radius 2 is 1.37 bits per heavy atom. The van der Waals surface area contributed by atoms with Crippen molar-refractivity contribution in [3.05, 3.63) is 36.5 Å². The molecule has 27 heavy (non-hydrogen) atoms. The fraction of sp³-hybridized carbons (Fsp3) is 0.778. The lowest BCUT2D eigenvalue weighted by atomic mass is 9.61. The molecule has 0 radical (unpaired) electrons. The maximum Gasteiger partial charge on any atom is -0.0120 e. The van der Waals surface area contributed by atoms with Crippen LogP contribution in [0.1, 0.15) is 103 Å². The van der Waals surface area contributed by atoms with E-state index in [0.717, 1.165) is 0 Å². The van der Waals surface area contributed by atoms with Gasteiger partial charge in [0, 0.05) is 0 Å². The quantitative estimate of drug-likeness (QED) is 0.351. The standard InChI is InChI=1S/C25H46.C2H6/c1-13-14-21(22(20(4)5)17-19(2)3)15-16-24(9,10)25(11,12)18-23(6,7)8;1-2/h13-16,19-20,22H,1,17-18H2,2-12H3;1-2H3/b16-15+,21-14+;. The third-order valence-corrected chi connectivity index (χ3v) is 5.68. The molecule has 160 valence electrons. The van der Waals surface area contributed by atoms with Crippen molar-refractivity contribution in [3.8, 4) is 0 Å². The summed E-state index contributed by atoms with van der Waals surface area (Å²) in [6.07, 6.45) is 11.4. The minimum atomic E-state index is 0.139. The first-order chi connectivity index (χ1) is 12.1. The molecule has 0 amide bonds. The minimum absolute atomic E-state index is 0.139. The molecule has 0 heteroatoms. The van der Waals surface area contributed by atoms with Gasteiger partial charge in [0.2, 0.25) is 0 Å². The number of hydrogen-bond donors (Lipinski definition) is 0. The molecule has 0 saturated heterocycles. The Balaban J connectivity index is 0. The molecule has 0 aromatic rings. The summed E-state index contributed by atoms with van der Waals surface area (Å²) in [6.45, 7) is 33.9. The zero-order valence-corrected chi connectivity index (χ0v) is 21.2. The Morgan fingerprint density at radius 3 is 1.70 bits per heavy atom. The van der Waals surface area contributed by atoms with Crippen LogP contribution in [-0.4, -0.2) is 0 Å². The van der Waals surface area contributed by atoms with Gasteiger partial charge in [0.1, 0.15) is 0 Å². The molecular formula is C27H52. The maximum atomic E-state index is 3.95. The fourth-order valence-corrected chi connectivity index (χ4v) is 3.82. The van der Waals surface area contributed by atoms with Crippen molar-refractivity contribution in [2.45, 2.75) is 103 Å². The fourth-order valence-electron chi connectivity index (χ4n) is 3.82. The highest BCUT2D eigenvalue weighted by Crippen LogP contribution is 2.47. The molecule has 0 heterocycles. The third-order valence-electron chi connectivity index (χ3n) is 5.68. The van der Waals surface area contributed by atoms with Gasteiger partial charge in [0.15, 0.2) is 0 Å². The van der Waals surface area contributed by atoms with Gasteiger partial charge in [-0.3, -0.25) is 0 Å². The van der Waals surface area contributed by atoms with Crippen LogP contribution >= 0.6 is 0 Å². The molecule has 0 saturated carbocycles. The molecule has 0 aromatic carbocycles. The number of rotatable bonds is 9. The van der Waals surface area contributed by atoms with E-state index in [9.17, 15) is 0 Å². The van der Waals surface area contributed by atoms with E-state index >= 15 is 0 Å². The second kappa shape index (κ2) is 11.9. The molecule has 0 nitrogen and oxygen atoms in total. The zero-order valence-electron chi connectivity index (χ0n) is 21.2. The molecule has 0 aromatic heterocycles. The smallest absolute Gasteiger partial charge is 0.0120 e. The summed E-state index contributed by atoms with van der Waals surface area (Å²) in [6, 6.07) is 0. The van der Waals surface area contributed by atoms with Crippen LogP contribution in [-0.2, 0) is 0 Å². The Bertz CT molecular complexity index is 461. The lowest BCUT2D eigenvalue weighted by Crippen LogP contribution is -2.34. The average Bonchev–Trinajstić information content (AvgIpc) is 2.48. The van der Waals surface area contributed by atoms with E-state index in [-0.39, 0.29) is 10.8 Å². The molecule has 0 bridgehead atoms. The van der Waals surface area contributed by atoms with E-state index in [1.165, 1.54) is 18.4 Å². The van der Waals surface area contributed by atoms with Crippen molar-refractivity contribution in [2.75, 3.05) is 0 Å². The van der Waals surface area contributed by atoms with Crippen LogP contribution in [0.15, 0.2) is 36.5 Å². The lowest BCUT2D eigenvalue weighted by Gasteiger charge is -2.44. The van der Waals surface area contributed by atoms with Gasteiger partial charge < -0.3 is 0 Å². The predicted octanol–water partition coefficient (Wildman–Crippen LogP) is 9.49. The molecule has 0 aliphatic heterocycles. The molecular weight excluding hydrogens is 324 g/mol. The van der Waals surface area contributed by atoms with Crippen LogP contribution in [0.2, 0.25) is 0 Å². The van der Waals surface area contributed by atoms with Crippen molar-refractivity contribution < 1.29 is 0 Å². The highest BCUT2D eigenvalue weighted by molar-refractivity contribution is 5.28. The summed E-state index contributed by atoms with van der Waals surface area (Å²) in [5.41, 5.74) is 2.15. The van der Waals surface area contributed by atoms with Crippen molar-refractivity contribution in [1.82, 2.24) is 0 Å². The molecule has 0 spiro atoms. The van der Waals surface area contributed by atoms with Crippen LogP contribution in [0.4, 0.5) is 0 Å². The van der Waals surface area contributed by atoms with E-state index in [0.29, 0.717) is 23.2 Å². The van der Waals surface area contributed by atoms with Gasteiger partial charge in [-0.05, 0) is 52.4 Å². The minimum Gasteiger partial charge on any atom is -0.0991 e. The summed E-state index contributed by atoms with van der Waals surface area (Å²) in [5, 5.41) is 0. The molecule has 0 aliphatic rings. The van der Waals surface area contributed by atoms with Crippen molar-refractivity contribution in [3.63, 3.8) is 0 Å². The van der Waals surface area contributed by atoms with Gasteiger partial charge in [-0.2, -0.15) is 0 Å². The van der Waals surface area contributed by atoms with E-state index in [1.54, 1.807) is 0 Å². The summed E-state index contributed by atoms with van der Waals surface area (Å²) in [7, 11) is 0. The van der Waals surface area contributed by atoms with E-state index in [4.69, 9.17) is 0 Å². The summed E-state index contributed by atoms with van der Waals surface area (Å²) in [4.78, 5) is 0. The first-order valence-electron chi connectivity index (χ1n) is 11.1. The van der Waals surface area contributed by atoms with E-state index < -0.39 is 0 Å². The molecule has 1 unspecified atom stereocenters. The second-order valence-electron chi connectivity index (χ2n) is 11.1. The molecule has 0 N–H and O–H groups in total. The Morgan fingerprint density at radius 1 is 0.889 bits per heavy atom. The SMILES string of the molecule is C=C/C=C(\C=C\C(C)(C)C(C)(C)CC(C)(C)C)C(CC(C)C)C(C)C.CC. The Labute approximate surface area is 173 Å². The molecule has 0 fully saturated rings. The largest absolute Gasteiger partial charge is 0.0991 e. The van der Waals surface area contributed by atoms with Crippen molar-refractivity contribution in [2.24, 2.45) is 34.0 Å². The topological polar surface area (TPSA) is 0 Å². The molecule has 0 rings (SSSR count). The van der Waals surface area contributed by atoms with Gasteiger partial charge in [-0.15, -0.1) is 0 Å². The van der Waals surface area contributed by atoms with Crippen LogP contribution < -0.4 is 0 Å². The second-order valence-corrected chi connectivity index (χ2v) is 11.1. The molecule has 0 aliphatic carbocycles. The lowest BCUT2D eigenvalue weighted by molar-refractivity contribution is 0.0976. The summed E-state index contributed by atoms with van der Waals surface area (Å²) in [5.74, 6) is 1.94. The normalized spacial score (nSPS) is 15.1. The summed E-state index contributed by atoms with van der Waals surface area (Å²) >= 11 is 0. The van der Waals surface area contributed by atoms with Crippen molar-refractivity contribution in [1.29, 1.82) is 0 Å². The van der Waals surface area contributed by atoms with Gasteiger partial charge in [0.05, 0.1) is 0 Å². The van der Waals surface area contributed by atoms with Gasteiger partial charge in [0.25, 0.3) is 0 Å². The third kappa shape index (κ3) is 11.0. The van der Waals surface area contributed by atoms with E-state index in [2.05, 4.69) is 101 Å². The molecule has 1 atom stereocenters. The first kappa shape index (κ1) is 28.4. The Hall–Kier alpha value is -0.780. The monoisotopic (exact) mass is 376 g/mol. The highest BCUT2D eigenvalue weighted by atomic mass is 14.4. The van der Waals surface area contributed by atoms with Gasteiger partial charge >= 0.3 is 0 Å². The number of hydrogen-bond acceptors (Lipinski definition) is 0. The first-order valence-corrected chi connectivity index (χ1v) is 11.1. The number of allylic oxidation sites excluding steroid dienone is 5. The van der Waals surface area contributed by atoms with Crippen LogP contribution in [0.25, 0.3) is 0 Å². The van der Waals surface area contributed by atoms with Crippen LogP contribution in [0, 0.1) is 34.0 Å². The van der Waals surface area contributed by atoms with Crippen molar-refractivity contribution >= 4 is 0 Å². The van der Waals surface area contributed by atoms with E-state index in [1.807, 2.05) is 19.9 Å².